The van der Waals surface area contributed by atoms with E-state index in [4.69, 9.17) is 37.9 Å². The van der Waals surface area contributed by atoms with Gasteiger partial charge in [0, 0.05) is 6.42 Å². The lowest BCUT2D eigenvalue weighted by Gasteiger charge is -2.56. The second kappa shape index (κ2) is 21.3. The molecule has 9 N–H and O–H groups in total. The van der Waals surface area contributed by atoms with Crippen LogP contribution >= 0.6 is 0 Å². The second-order valence-corrected chi connectivity index (χ2v) is 17.0. The standard InChI is InChI=1S/C40H70O18/c1-6-7-13-16-23-17-14-11-9-8-10-12-15-18-24(41)56-32-29(46)26(43)19(2)51-36(32)40(50)22(5)54-39(57-33-30(47)27(44)21(4)53-38(33)55-23)34(35(40)49)58-37-31(48)28(45)25(42)20(3)52-37/h19-23,25-39,42-50H,6-18H2,1-5H3/t19-,20-,21+,22-,23+,25-,26+,27+,28-,29+,30+,31-,32+,33+,34+,35-,36+,37-,38-,39-,40+/m0/s1. The third-order valence-electron chi connectivity index (χ3n) is 12.6. The van der Waals surface area contributed by atoms with Gasteiger partial charge < -0.3 is 83.9 Å². The molecule has 0 amide bonds. The number of hydrogen-bond acceptors (Lipinski definition) is 18. The summed E-state index contributed by atoms with van der Waals surface area (Å²) in [6.07, 6.45) is -20.2. The van der Waals surface area contributed by atoms with Gasteiger partial charge in [0.2, 0.25) is 0 Å². The lowest BCUT2D eigenvalue weighted by Crippen LogP contribution is -2.77. The Bertz CT molecular complexity index is 1260. The van der Waals surface area contributed by atoms with Crippen LogP contribution in [0, 0.1) is 0 Å². The fourth-order valence-corrected chi connectivity index (χ4v) is 8.75. The van der Waals surface area contributed by atoms with Gasteiger partial charge in [0.15, 0.2) is 25.0 Å². The Morgan fingerprint density at radius 1 is 0.621 bits per heavy atom. The van der Waals surface area contributed by atoms with Gasteiger partial charge in [-0.2, -0.15) is 0 Å². The molecule has 6 fully saturated rings. The van der Waals surface area contributed by atoms with Crippen molar-refractivity contribution in [2.24, 2.45) is 0 Å². The van der Waals surface area contributed by atoms with Gasteiger partial charge >= 0.3 is 5.97 Å². The summed E-state index contributed by atoms with van der Waals surface area (Å²) in [5.74, 6) is -0.725. The highest BCUT2D eigenvalue weighted by atomic mass is 16.8. The van der Waals surface area contributed by atoms with E-state index in [1.807, 2.05) is 0 Å². The smallest absolute Gasteiger partial charge is 0.306 e. The minimum Gasteiger partial charge on any atom is -0.457 e. The molecule has 0 aliphatic carbocycles. The van der Waals surface area contributed by atoms with Gasteiger partial charge in [-0.25, -0.2) is 0 Å². The Morgan fingerprint density at radius 3 is 1.88 bits per heavy atom. The molecule has 6 saturated heterocycles. The number of rotatable bonds is 6. The third-order valence-corrected chi connectivity index (χ3v) is 12.6. The van der Waals surface area contributed by atoms with Crippen LogP contribution in [0.4, 0.5) is 0 Å². The molecule has 0 unspecified atom stereocenters. The lowest BCUT2D eigenvalue weighted by molar-refractivity contribution is -0.415. The maximum Gasteiger partial charge on any atom is 0.306 e. The summed E-state index contributed by atoms with van der Waals surface area (Å²) in [6, 6.07) is 0. The molecule has 0 spiro atoms. The van der Waals surface area contributed by atoms with Crippen molar-refractivity contribution in [3.05, 3.63) is 0 Å². The molecule has 0 aromatic carbocycles. The molecule has 2 bridgehead atoms. The van der Waals surface area contributed by atoms with E-state index < -0.39 is 128 Å². The van der Waals surface area contributed by atoms with Crippen LogP contribution in [0.2, 0.25) is 0 Å². The van der Waals surface area contributed by atoms with E-state index in [0.717, 1.165) is 57.8 Å². The topological polar surface area (TPSA) is 273 Å². The molecular formula is C40H70O18. The Hall–Kier alpha value is -1.17. The fraction of sp³-hybridized carbons (Fsp3) is 0.975. The van der Waals surface area contributed by atoms with Gasteiger partial charge in [0.1, 0.15) is 72.7 Å². The Balaban J connectivity index is 1.55. The molecule has 0 aromatic heterocycles. The van der Waals surface area contributed by atoms with Crippen molar-refractivity contribution in [3.63, 3.8) is 0 Å². The number of esters is 1. The summed E-state index contributed by atoms with van der Waals surface area (Å²) in [5.41, 5.74) is -2.62. The van der Waals surface area contributed by atoms with Crippen LogP contribution < -0.4 is 0 Å². The maximum atomic E-state index is 13.2. The van der Waals surface area contributed by atoms with E-state index in [9.17, 15) is 50.8 Å². The van der Waals surface area contributed by atoms with Gasteiger partial charge in [0.25, 0.3) is 0 Å². The van der Waals surface area contributed by atoms with Gasteiger partial charge in [0.05, 0.1) is 30.5 Å². The SMILES string of the molecule is CCCCC[C@@H]1CCCCCCCCCC(=O)O[C@@H]2[C@H](O)[C@H](O)[C@H](C)O[C@H]2[C@@]2(O)[C@H](C)O[C@@H](O[C@H]3[C@H](O1)O[C@H](C)[C@@H](O)[C@H]3O)[C@H](O[C@@H]1O[C@@H](C)[C@H](O)[C@H](O)[C@@H]1O)[C@@H]2O. The zero-order chi connectivity index (χ0) is 42.5. The highest BCUT2D eigenvalue weighted by Gasteiger charge is 2.66. The molecule has 338 valence electrons. The number of carbonyl (C=O) groups excluding carboxylic acids is 1. The normalized spacial score (nSPS) is 49.4. The molecule has 6 heterocycles. The van der Waals surface area contributed by atoms with E-state index in [1.54, 1.807) is 6.92 Å². The van der Waals surface area contributed by atoms with Crippen LogP contribution in [-0.2, 0) is 42.7 Å². The van der Waals surface area contributed by atoms with Crippen LogP contribution in [-0.4, -0.2) is 180 Å². The largest absolute Gasteiger partial charge is 0.457 e. The first-order valence-corrected chi connectivity index (χ1v) is 21.5. The van der Waals surface area contributed by atoms with E-state index in [2.05, 4.69) is 6.92 Å². The van der Waals surface area contributed by atoms with Crippen LogP contribution in [0.3, 0.4) is 0 Å². The van der Waals surface area contributed by atoms with Crippen molar-refractivity contribution in [2.75, 3.05) is 0 Å². The molecule has 6 rings (SSSR count). The summed E-state index contributed by atoms with van der Waals surface area (Å²) in [4.78, 5) is 13.2. The van der Waals surface area contributed by atoms with E-state index >= 15 is 0 Å². The van der Waals surface area contributed by atoms with Crippen LogP contribution in [0.15, 0.2) is 0 Å². The quantitative estimate of drug-likeness (QED) is 0.124. The van der Waals surface area contributed by atoms with Gasteiger partial charge in [-0.15, -0.1) is 0 Å². The van der Waals surface area contributed by atoms with Crippen molar-refractivity contribution in [3.8, 4) is 0 Å². The summed E-state index contributed by atoms with van der Waals surface area (Å²) in [5, 5.41) is 102. The van der Waals surface area contributed by atoms with Crippen molar-refractivity contribution in [1.29, 1.82) is 0 Å². The number of fused-ring (bicyclic) bond motifs is 14. The highest BCUT2D eigenvalue weighted by molar-refractivity contribution is 5.69. The number of aliphatic hydroxyl groups excluding tert-OH is 8. The number of unbranched alkanes of at least 4 members (excludes halogenated alkanes) is 2. The zero-order valence-corrected chi connectivity index (χ0v) is 34.4. The number of ether oxygens (including phenoxy) is 8. The molecule has 0 radical (unpaired) electrons. The molecule has 18 heteroatoms. The van der Waals surface area contributed by atoms with Crippen molar-refractivity contribution in [1.82, 2.24) is 0 Å². The monoisotopic (exact) mass is 838 g/mol. The lowest BCUT2D eigenvalue weighted by atomic mass is 9.75. The minimum absolute atomic E-state index is 0.0201. The Morgan fingerprint density at radius 2 is 1.21 bits per heavy atom. The molecule has 0 aromatic rings. The Labute approximate surface area is 340 Å². The number of hydrogen-bond donors (Lipinski definition) is 9. The minimum atomic E-state index is -2.62. The summed E-state index contributed by atoms with van der Waals surface area (Å²) in [6.45, 7) is 7.87. The second-order valence-electron chi connectivity index (χ2n) is 17.0. The predicted octanol–water partition coefficient (Wildman–Crippen LogP) is -0.201. The van der Waals surface area contributed by atoms with Crippen LogP contribution in [0.5, 0.6) is 0 Å². The number of carbonyl (C=O) groups is 1. The average molecular weight is 839 g/mol. The molecule has 21 atom stereocenters. The predicted molar refractivity (Wildman–Crippen MR) is 201 cm³/mol. The van der Waals surface area contributed by atoms with Gasteiger partial charge in [-0.1, -0.05) is 64.7 Å². The van der Waals surface area contributed by atoms with Crippen molar-refractivity contribution < 1.29 is 88.6 Å². The van der Waals surface area contributed by atoms with E-state index in [-0.39, 0.29) is 12.5 Å². The van der Waals surface area contributed by atoms with Crippen molar-refractivity contribution in [2.45, 2.75) is 246 Å². The van der Waals surface area contributed by atoms with E-state index in [0.29, 0.717) is 19.3 Å². The van der Waals surface area contributed by atoms with Gasteiger partial charge in [-0.3, -0.25) is 4.79 Å². The molecule has 18 nitrogen and oxygen atoms in total. The van der Waals surface area contributed by atoms with Gasteiger partial charge in [-0.05, 0) is 47.0 Å². The number of aliphatic hydroxyl groups is 9. The van der Waals surface area contributed by atoms with E-state index in [1.165, 1.54) is 20.8 Å². The fourth-order valence-electron chi connectivity index (χ4n) is 8.75. The summed E-state index contributed by atoms with van der Waals surface area (Å²) >= 11 is 0. The first-order valence-electron chi connectivity index (χ1n) is 21.5. The first-order chi connectivity index (χ1) is 27.5. The molecule has 0 saturated carbocycles. The molecule has 58 heavy (non-hydrogen) atoms. The van der Waals surface area contributed by atoms with Crippen LogP contribution in [0.1, 0.15) is 118 Å². The third kappa shape index (κ3) is 10.7. The molecular weight excluding hydrogens is 768 g/mol. The zero-order valence-electron chi connectivity index (χ0n) is 34.4. The molecule has 6 aliphatic rings. The maximum absolute atomic E-state index is 13.2. The Kier molecular flexibility index (Phi) is 17.6. The summed E-state index contributed by atoms with van der Waals surface area (Å²) in [7, 11) is 0. The molecule has 6 aliphatic heterocycles. The summed E-state index contributed by atoms with van der Waals surface area (Å²) < 4.78 is 48.9. The average Bonchev–Trinajstić information content (AvgIpc) is 3.19. The first kappa shape index (κ1) is 47.9. The van der Waals surface area contributed by atoms with Crippen molar-refractivity contribution >= 4 is 5.97 Å². The highest BCUT2D eigenvalue weighted by Crippen LogP contribution is 2.43. The van der Waals surface area contributed by atoms with Crippen LogP contribution in [0.25, 0.3) is 0 Å².